The van der Waals surface area contributed by atoms with Gasteiger partial charge in [-0.1, -0.05) is 6.92 Å². The van der Waals surface area contributed by atoms with E-state index in [2.05, 4.69) is 22.9 Å². The standard InChI is InChI=1S/C12H13BrF2O/c1-7-2-3-8(6-7)16-10-5-4-9(14)12(15)11(10)13/h4-5,7-8H,2-3,6H2,1H3/t7-,8-/m1/s1. The Labute approximate surface area is 102 Å². The van der Waals surface area contributed by atoms with Crippen molar-refractivity contribution in [1.82, 2.24) is 0 Å². The molecule has 0 bridgehead atoms. The van der Waals surface area contributed by atoms with Gasteiger partial charge in [0.2, 0.25) is 0 Å². The van der Waals surface area contributed by atoms with Crippen LogP contribution in [0, 0.1) is 17.6 Å². The summed E-state index contributed by atoms with van der Waals surface area (Å²) in [6.07, 6.45) is 3.21. The molecule has 1 aromatic carbocycles. The van der Waals surface area contributed by atoms with Gasteiger partial charge in [0, 0.05) is 0 Å². The summed E-state index contributed by atoms with van der Waals surface area (Å²) in [5.41, 5.74) is 0. The number of benzene rings is 1. The lowest BCUT2D eigenvalue weighted by molar-refractivity contribution is 0.202. The first-order valence-electron chi connectivity index (χ1n) is 5.38. The van der Waals surface area contributed by atoms with E-state index >= 15 is 0 Å². The molecule has 16 heavy (non-hydrogen) atoms. The fraction of sp³-hybridized carbons (Fsp3) is 0.500. The van der Waals surface area contributed by atoms with E-state index in [0.717, 1.165) is 25.3 Å². The molecule has 1 saturated carbocycles. The zero-order valence-electron chi connectivity index (χ0n) is 8.97. The molecule has 1 aliphatic carbocycles. The normalized spacial score (nSPS) is 24.8. The minimum absolute atomic E-state index is 0.0760. The fourth-order valence-corrected chi connectivity index (χ4v) is 2.46. The average molecular weight is 291 g/mol. The number of halogens is 3. The van der Waals surface area contributed by atoms with E-state index in [1.807, 2.05) is 0 Å². The molecule has 0 aromatic heterocycles. The molecule has 0 saturated heterocycles. The lowest BCUT2D eigenvalue weighted by atomic mass is 10.1. The third kappa shape index (κ3) is 2.37. The highest BCUT2D eigenvalue weighted by molar-refractivity contribution is 9.10. The molecule has 0 aliphatic heterocycles. The van der Waals surface area contributed by atoms with Crippen LogP contribution >= 0.6 is 15.9 Å². The Morgan fingerprint density at radius 3 is 2.69 bits per heavy atom. The molecular weight excluding hydrogens is 278 g/mol. The van der Waals surface area contributed by atoms with Crippen LogP contribution < -0.4 is 4.74 Å². The van der Waals surface area contributed by atoms with E-state index in [0.29, 0.717) is 11.7 Å². The zero-order chi connectivity index (χ0) is 11.7. The summed E-state index contributed by atoms with van der Waals surface area (Å²) < 4.78 is 31.8. The highest BCUT2D eigenvalue weighted by Gasteiger charge is 2.24. The van der Waals surface area contributed by atoms with Gasteiger partial charge < -0.3 is 4.74 Å². The second-order valence-corrected chi connectivity index (χ2v) is 5.12. The van der Waals surface area contributed by atoms with Crippen molar-refractivity contribution in [2.75, 3.05) is 0 Å². The summed E-state index contributed by atoms with van der Waals surface area (Å²) in [6.45, 7) is 2.17. The number of hydrogen-bond acceptors (Lipinski definition) is 1. The molecular formula is C12H13BrF2O. The third-order valence-electron chi connectivity index (χ3n) is 2.94. The molecule has 0 N–H and O–H groups in total. The fourth-order valence-electron chi connectivity index (χ4n) is 2.04. The molecule has 1 aromatic rings. The Morgan fingerprint density at radius 2 is 2.06 bits per heavy atom. The van der Waals surface area contributed by atoms with Crippen LogP contribution in [0.15, 0.2) is 16.6 Å². The van der Waals surface area contributed by atoms with Crippen molar-refractivity contribution >= 4 is 15.9 Å². The van der Waals surface area contributed by atoms with E-state index in [-0.39, 0.29) is 10.6 Å². The van der Waals surface area contributed by atoms with Gasteiger partial charge in [0.15, 0.2) is 11.6 Å². The molecule has 0 radical (unpaired) electrons. The summed E-state index contributed by atoms with van der Waals surface area (Å²) in [5.74, 6) is -0.713. The summed E-state index contributed by atoms with van der Waals surface area (Å²) in [4.78, 5) is 0. The maximum Gasteiger partial charge on any atom is 0.176 e. The topological polar surface area (TPSA) is 9.23 Å². The molecule has 1 fully saturated rings. The lowest BCUT2D eigenvalue weighted by Crippen LogP contribution is -2.12. The van der Waals surface area contributed by atoms with Crippen molar-refractivity contribution < 1.29 is 13.5 Å². The molecule has 0 unspecified atom stereocenters. The number of hydrogen-bond donors (Lipinski definition) is 0. The van der Waals surface area contributed by atoms with Crippen molar-refractivity contribution in [1.29, 1.82) is 0 Å². The highest BCUT2D eigenvalue weighted by atomic mass is 79.9. The smallest absolute Gasteiger partial charge is 0.176 e. The van der Waals surface area contributed by atoms with E-state index in [1.54, 1.807) is 0 Å². The van der Waals surface area contributed by atoms with Crippen molar-refractivity contribution in [3.8, 4) is 5.75 Å². The van der Waals surface area contributed by atoms with Crippen LogP contribution in [-0.2, 0) is 0 Å². The van der Waals surface area contributed by atoms with Crippen molar-refractivity contribution in [2.24, 2.45) is 5.92 Å². The van der Waals surface area contributed by atoms with Crippen LogP contribution in [-0.4, -0.2) is 6.10 Å². The van der Waals surface area contributed by atoms with Crippen molar-refractivity contribution in [3.05, 3.63) is 28.2 Å². The van der Waals surface area contributed by atoms with Gasteiger partial charge in [-0.2, -0.15) is 0 Å². The Bertz CT molecular complexity index is 395. The molecule has 4 heteroatoms. The molecule has 2 rings (SSSR count). The largest absolute Gasteiger partial charge is 0.489 e. The molecule has 0 amide bonds. The first-order chi connectivity index (χ1) is 7.58. The Hall–Kier alpha value is -0.640. The van der Waals surface area contributed by atoms with Crippen LogP contribution in [0.1, 0.15) is 26.2 Å². The molecule has 2 atom stereocenters. The van der Waals surface area contributed by atoms with Crippen LogP contribution in [0.25, 0.3) is 0 Å². The summed E-state index contributed by atoms with van der Waals surface area (Å²) >= 11 is 3.01. The Morgan fingerprint density at radius 1 is 1.31 bits per heavy atom. The van der Waals surface area contributed by atoms with Crippen LogP contribution in [0.3, 0.4) is 0 Å². The van der Waals surface area contributed by atoms with E-state index in [4.69, 9.17) is 4.74 Å². The highest BCUT2D eigenvalue weighted by Crippen LogP contribution is 2.34. The van der Waals surface area contributed by atoms with Crippen LogP contribution in [0.4, 0.5) is 8.78 Å². The van der Waals surface area contributed by atoms with Gasteiger partial charge in [-0.05, 0) is 53.2 Å². The minimum Gasteiger partial charge on any atom is -0.489 e. The monoisotopic (exact) mass is 290 g/mol. The van der Waals surface area contributed by atoms with Gasteiger partial charge in [-0.3, -0.25) is 0 Å². The van der Waals surface area contributed by atoms with Crippen LogP contribution in [0.2, 0.25) is 0 Å². The molecule has 0 heterocycles. The molecule has 88 valence electrons. The lowest BCUT2D eigenvalue weighted by Gasteiger charge is -2.15. The van der Waals surface area contributed by atoms with E-state index < -0.39 is 11.6 Å². The van der Waals surface area contributed by atoms with Gasteiger partial charge in [-0.25, -0.2) is 8.78 Å². The molecule has 0 spiro atoms. The number of ether oxygens (including phenoxy) is 1. The third-order valence-corrected chi connectivity index (χ3v) is 3.68. The minimum atomic E-state index is -0.886. The van der Waals surface area contributed by atoms with Crippen molar-refractivity contribution in [3.63, 3.8) is 0 Å². The Kier molecular flexibility index (Phi) is 3.47. The first kappa shape index (κ1) is 11.8. The predicted octanol–water partition coefficient (Wildman–Crippen LogP) is 4.29. The Balaban J connectivity index is 2.13. The SMILES string of the molecule is C[C@@H]1CC[C@@H](Oc2ccc(F)c(F)c2Br)C1. The van der Waals surface area contributed by atoms with E-state index in [1.165, 1.54) is 6.07 Å². The predicted molar refractivity (Wildman–Crippen MR) is 61.5 cm³/mol. The first-order valence-corrected chi connectivity index (χ1v) is 6.17. The van der Waals surface area contributed by atoms with Gasteiger partial charge in [0.1, 0.15) is 5.75 Å². The van der Waals surface area contributed by atoms with Gasteiger partial charge in [-0.15, -0.1) is 0 Å². The summed E-state index contributed by atoms with van der Waals surface area (Å²) in [6, 6.07) is 2.55. The van der Waals surface area contributed by atoms with Gasteiger partial charge in [0.05, 0.1) is 10.6 Å². The van der Waals surface area contributed by atoms with Gasteiger partial charge >= 0.3 is 0 Å². The van der Waals surface area contributed by atoms with Gasteiger partial charge in [0.25, 0.3) is 0 Å². The zero-order valence-corrected chi connectivity index (χ0v) is 10.6. The van der Waals surface area contributed by atoms with E-state index in [9.17, 15) is 8.78 Å². The van der Waals surface area contributed by atoms with Crippen LogP contribution in [0.5, 0.6) is 5.75 Å². The second-order valence-electron chi connectivity index (χ2n) is 4.33. The second kappa shape index (κ2) is 4.70. The quantitative estimate of drug-likeness (QED) is 0.738. The average Bonchev–Trinajstić information content (AvgIpc) is 2.65. The van der Waals surface area contributed by atoms with Crippen molar-refractivity contribution in [2.45, 2.75) is 32.3 Å². The maximum atomic E-state index is 13.2. The summed E-state index contributed by atoms with van der Waals surface area (Å²) in [5, 5.41) is 0. The number of rotatable bonds is 2. The maximum absolute atomic E-state index is 13.2. The molecule has 1 nitrogen and oxygen atoms in total. The molecule has 1 aliphatic rings. The summed E-state index contributed by atoms with van der Waals surface area (Å²) in [7, 11) is 0.